The first-order valence-corrected chi connectivity index (χ1v) is 7.15. The minimum atomic E-state index is -0.252. The summed E-state index contributed by atoms with van der Waals surface area (Å²) in [5.74, 6) is 0.243. The Hall–Kier alpha value is -1.62. The number of rotatable bonds is 5. The normalized spacial score (nSPS) is 17.8. The van der Waals surface area contributed by atoms with Crippen LogP contribution in [0.25, 0.3) is 0 Å². The summed E-state index contributed by atoms with van der Waals surface area (Å²) in [7, 11) is 0. The molecule has 110 valence electrons. The number of nitrogens with zero attached hydrogens (tertiary/aromatic N) is 2. The third kappa shape index (κ3) is 5.17. The predicted molar refractivity (Wildman–Crippen MR) is 77.7 cm³/mol. The number of hydrogen-bond donors (Lipinski definition) is 1. The second kappa shape index (κ2) is 7.85. The van der Waals surface area contributed by atoms with E-state index in [-0.39, 0.29) is 5.82 Å². The van der Waals surface area contributed by atoms with Gasteiger partial charge in [0.05, 0.1) is 6.54 Å². The van der Waals surface area contributed by atoms with E-state index in [1.54, 1.807) is 12.1 Å². The number of nitrogens with two attached hydrogens (primary N) is 1. The van der Waals surface area contributed by atoms with Gasteiger partial charge in [0.15, 0.2) is 5.84 Å². The minimum Gasteiger partial charge on any atom is -0.389 e. The second-order valence-corrected chi connectivity index (χ2v) is 5.17. The van der Waals surface area contributed by atoms with Gasteiger partial charge in [0.1, 0.15) is 12.4 Å². The topological polar surface area (TPSA) is 50.8 Å². The first-order chi connectivity index (χ1) is 9.74. The van der Waals surface area contributed by atoms with E-state index in [9.17, 15) is 4.39 Å². The molecule has 4 nitrogen and oxygen atoms in total. The van der Waals surface area contributed by atoms with Gasteiger partial charge in [-0.05, 0) is 43.6 Å². The average Bonchev–Trinajstić information content (AvgIpc) is 2.70. The molecule has 0 saturated carbocycles. The smallest absolute Gasteiger partial charge is 0.153 e. The summed E-state index contributed by atoms with van der Waals surface area (Å²) in [4.78, 5) is 7.52. The molecular weight excluding hydrogens is 257 g/mol. The number of halogens is 1. The van der Waals surface area contributed by atoms with Gasteiger partial charge >= 0.3 is 0 Å². The van der Waals surface area contributed by atoms with Crippen LogP contribution in [0.4, 0.5) is 4.39 Å². The number of hydrogen-bond acceptors (Lipinski definition) is 3. The molecule has 20 heavy (non-hydrogen) atoms. The molecule has 1 aromatic carbocycles. The maximum absolute atomic E-state index is 12.7. The van der Waals surface area contributed by atoms with Gasteiger partial charge in [0, 0.05) is 0 Å². The fraction of sp³-hybridized carbons (Fsp3) is 0.533. The van der Waals surface area contributed by atoms with Gasteiger partial charge in [-0.3, -0.25) is 4.90 Å². The van der Waals surface area contributed by atoms with Crippen molar-refractivity contribution in [2.45, 2.75) is 32.3 Å². The third-order valence-corrected chi connectivity index (χ3v) is 3.41. The van der Waals surface area contributed by atoms with E-state index in [1.165, 1.54) is 37.8 Å². The van der Waals surface area contributed by atoms with Crippen LogP contribution in [0, 0.1) is 5.82 Å². The van der Waals surface area contributed by atoms with E-state index >= 15 is 0 Å². The minimum absolute atomic E-state index is 0.252. The van der Waals surface area contributed by atoms with Crippen molar-refractivity contribution in [3.8, 4) is 0 Å². The largest absolute Gasteiger partial charge is 0.389 e. The Bertz CT molecular complexity index is 425. The zero-order valence-corrected chi connectivity index (χ0v) is 11.7. The van der Waals surface area contributed by atoms with Crippen LogP contribution in [0.3, 0.4) is 0 Å². The van der Waals surface area contributed by atoms with Crippen molar-refractivity contribution in [3.05, 3.63) is 35.6 Å². The van der Waals surface area contributed by atoms with Gasteiger partial charge in [-0.2, -0.15) is 0 Å². The highest BCUT2D eigenvalue weighted by atomic mass is 19.1. The maximum Gasteiger partial charge on any atom is 0.153 e. The molecule has 0 aliphatic carbocycles. The van der Waals surface area contributed by atoms with Crippen molar-refractivity contribution in [1.82, 2.24) is 4.90 Å². The van der Waals surface area contributed by atoms with Crippen LogP contribution in [-0.4, -0.2) is 30.4 Å². The molecule has 0 aromatic heterocycles. The molecule has 2 rings (SSSR count). The van der Waals surface area contributed by atoms with E-state index in [2.05, 4.69) is 10.1 Å². The standard InChI is InChI=1S/C15H22FN3O/c16-14-7-5-13(6-8-14)12-20-18-15(17)11-19-9-3-1-2-4-10-19/h5-8H,1-4,9-12H2,(H2,17,18). The quantitative estimate of drug-likeness (QED) is 0.512. The summed E-state index contributed by atoms with van der Waals surface area (Å²) in [6.45, 7) is 3.12. The van der Waals surface area contributed by atoms with Crippen molar-refractivity contribution in [2.75, 3.05) is 19.6 Å². The SMILES string of the molecule is NC(CN1CCCCCC1)=NOCc1ccc(F)cc1. The van der Waals surface area contributed by atoms with Gasteiger partial charge < -0.3 is 10.6 Å². The lowest BCUT2D eigenvalue weighted by Gasteiger charge is -2.18. The molecule has 1 fully saturated rings. The Labute approximate surface area is 119 Å². The third-order valence-electron chi connectivity index (χ3n) is 3.41. The van der Waals surface area contributed by atoms with E-state index in [0.29, 0.717) is 19.0 Å². The first kappa shape index (κ1) is 14.8. The van der Waals surface area contributed by atoms with Gasteiger partial charge in [0.2, 0.25) is 0 Å². The number of amidine groups is 1. The van der Waals surface area contributed by atoms with Crippen LogP contribution in [0.5, 0.6) is 0 Å². The summed E-state index contributed by atoms with van der Waals surface area (Å²) in [5.41, 5.74) is 6.74. The van der Waals surface area contributed by atoms with Crippen LogP contribution in [-0.2, 0) is 11.4 Å². The molecule has 0 spiro atoms. The average molecular weight is 279 g/mol. The van der Waals surface area contributed by atoms with Crippen LogP contribution in [0.2, 0.25) is 0 Å². The number of likely N-dealkylation sites (tertiary alicyclic amines) is 1. The Morgan fingerprint density at radius 1 is 1.15 bits per heavy atom. The second-order valence-electron chi connectivity index (χ2n) is 5.17. The molecule has 0 amide bonds. The van der Waals surface area contributed by atoms with E-state index in [4.69, 9.17) is 10.6 Å². The molecule has 1 aliphatic rings. The lowest BCUT2D eigenvalue weighted by molar-refractivity contribution is 0.128. The fourth-order valence-corrected chi connectivity index (χ4v) is 2.32. The lowest BCUT2D eigenvalue weighted by Crippen LogP contribution is -2.34. The fourth-order valence-electron chi connectivity index (χ4n) is 2.32. The van der Waals surface area contributed by atoms with Crippen molar-refractivity contribution in [3.63, 3.8) is 0 Å². The monoisotopic (exact) mass is 279 g/mol. The van der Waals surface area contributed by atoms with E-state index in [1.807, 2.05) is 0 Å². The summed E-state index contributed by atoms with van der Waals surface area (Å²) in [5, 5.41) is 3.93. The molecule has 0 radical (unpaired) electrons. The lowest BCUT2D eigenvalue weighted by atomic mass is 10.2. The predicted octanol–water partition coefficient (Wildman–Crippen LogP) is 2.49. The van der Waals surface area contributed by atoms with Crippen molar-refractivity contribution in [1.29, 1.82) is 0 Å². The summed E-state index contributed by atoms with van der Waals surface area (Å²) in [6, 6.07) is 6.16. The number of benzene rings is 1. The molecule has 2 N–H and O–H groups in total. The van der Waals surface area contributed by atoms with Crippen LogP contribution in [0.1, 0.15) is 31.2 Å². The maximum atomic E-state index is 12.7. The highest BCUT2D eigenvalue weighted by Gasteiger charge is 2.10. The van der Waals surface area contributed by atoms with Crippen molar-refractivity contribution in [2.24, 2.45) is 10.9 Å². The molecule has 0 bridgehead atoms. The van der Waals surface area contributed by atoms with Crippen molar-refractivity contribution < 1.29 is 9.23 Å². The van der Waals surface area contributed by atoms with Crippen LogP contribution >= 0.6 is 0 Å². The molecule has 0 unspecified atom stereocenters. The molecule has 0 atom stereocenters. The molecule has 1 aromatic rings. The molecule has 5 heteroatoms. The Morgan fingerprint density at radius 2 is 1.80 bits per heavy atom. The highest BCUT2D eigenvalue weighted by molar-refractivity contribution is 5.81. The molecule has 1 saturated heterocycles. The zero-order valence-electron chi connectivity index (χ0n) is 11.7. The van der Waals surface area contributed by atoms with Crippen LogP contribution < -0.4 is 5.73 Å². The summed E-state index contributed by atoms with van der Waals surface area (Å²) in [6.07, 6.45) is 5.05. The highest BCUT2D eigenvalue weighted by Crippen LogP contribution is 2.09. The Kier molecular flexibility index (Phi) is 5.80. The molecule has 1 aliphatic heterocycles. The van der Waals surface area contributed by atoms with Gasteiger partial charge in [-0.25, -0.2) is 4.39 Å². The van der Waals surface area contributed by atoms with Gasteiger partial charge in [0.25, 0.3) is 0 Å². The number of oxime groups is 1. The Balaban J connectivity index is 1.74. The van der Waals surface area contributed by atoms with E-state index < -0.39 is 0 Å². The summed E-state index contributed by atoms with van der Waals surface area (Å²) >= 11 is 0. The first-order valence-electron chi connectivity index (χ1n) is 7.15. The van der Waals surface area contributed by atoms with Gasteiger partial charge in [-0.1, -0.05) is 30.1 Å². The van der Waals surface area contributed by atoms with Crippen molar-refractivity contribution >= 4 is 5.84 Å². The van der Waals surface area contributed by atoms with Gasteiger partial charge in [-0.15, -0.1) is 0 Å². The molecular formula is C15H22FN3O. The van der Waals surface area contributed by atoms with Crippen LogP contribution in [0.15, 0.2) is 29.4 Å². The Morgan fingerprint density at radius 3 is 2.45 bits per heavy atom. The molecule has 1 heterocycles. The zero-order chi connectivity index (χ0) is 14.2. The van der Waals surface area contributed by atoms with E-state index in [0.717, 1.165) is 18.7 Å². The summed E-state index contributed by atoms with van der Waals surface area (Å²) < 4.78 is 12.7.